The van der Waals surface area contributed by atoms with Gasteiger partial charge in [0.1, 0.15) is 11.5 Å². The van der Waals surface area contributed by atoms with E-state index in [9.17, 15) is 4.79 Å². The Kier molecular flexibility index (Phi) is 4.21. The molecule has 1 aliphatic heterocycles. The number of hydrogen-bond acceptors (Lipinski definition) is 2. The lowest BCUT2D eigenvalue weighted by Crippen LogP contribution is -2.31. The summed E-state index contributed by atoms with van der Waals surface area (Å²) < 4.78 is 6.96. The van der Waals surface area contributed by atoms with Crippen LogP contribution in [-0.4, -0.2) is 5.91 Å². The van der Waals surface area contributed by atoms with Gasteiger partial charge in [-0.25, -0.2) is 0 Å². The molecule has 0 spiro atoms. The van der Waals surface area contributed by atoms with Gasteiger partial charge >= 0.3 is 0 Å². The van der Waals surface area contributed by atoms with Gasteiger partial charge in [0.2, 0.25) is 0 Å². The third-order valence-electron chi connectivity index (χ3n) is 4.39. The van der Waals surface area contributed by atoms with E-state index in [1.807, 2.05) is 73.7 Å². The molecule has 0 radical (unpaired) electrons. The number of rotatable bonds is 2. The smallest absolute Gasteiger partial charge is 0.253 e. The molecular weight excluding hydrogens is 425 g/mol. The van der Waals surface area contributed by atoms with Gasteiger partial charge in [-0.15, -0.1) is 0 Å². The van der Waals surface area contributed by atoms with Crippen molar-refractivity contribution in [2.75, 3.05) is 0 Å². The van der Waals surface area contributed by atoms with E-state index in [4.69, 9.17) is 4.74 Å². The lowest BCUT2D eigenvalue weighted by Gasteiger charge is -2.29. The molecular formula is C21H16INO2. The van der Waals surface area contributed by atoms with Gasteiger partial charge in [-0.3, -0.25) is 4.79 Å². The summed E-state index contributed by atoms with van der Waals surface area (Å²) in [7, 11) is 0. The highest BCUT2D eigenvalue weighted by Crippen LogP contribution is 2.42. The zero-order valence-electron chi connectivity index (χ0n) is 13.6. The molecule has 3 aromatic rings. The fraction of sp³-hybridized carbons (Fsp3) is 0.0952. The Morgan fingerprint density at radius 1 is 0.920 bits per heavy atom. The summed E-state index contributed by atoms with van der Waals surface area (Å²) in [6.07, 6.45) is 0. The van der Waals surface area contributed by atoms with E-state index in [0.717, 1.165) is 31.8 Å². The third-order valence-corrected chi connectivity index (χ3v) is 5.82. The molecule has 1 aliphatic rings. The van der Waals surface area contributed by atoms with E-state index in [0.29, 0.717) is 5.56 Å². The quantitative estimate of drug-likeness (QED) is 0.554. The molecule has 25 heavy (non-hydrogen) atoms. The second-order valence-corrected chi connectivity index (χ2v) is 7.10. The number of nitrogens with one attached hydrogen (secondary N) is 1. The molecule has 0 saturated heterocycles. The highest BCUT2D eigenvalue weighted by Gasteiger charge is 2.28. The minimum atomic E-state index is -0.232. The van der Waals surface area contributed by atoms with Crippen molar-refractivity contribution in [1.29, 1.82) is 0 Å². The summed E-state index contributed by atoms with van der Waals surface area (Å²) in [5.74, 6) is 1.49. The summed E-state index contributed by atoms with van der Waals surface area (Å²) in [6, 6.07) is 21.2. The number of benzene rings is 3. The number of para-hydroxylation sites is 2. The van der Waals surface area contributed by atoms with Crippen molar-refractivity contribution in [2.24, 2.45) is 0 Å². The van der Waals surface area contributed by atoms with E-state index >= 15 is 0 Å². The highest BCUT2D eigenvalue weighted by atomic mass is 127. The van der Waals surface area contributed by atoms with E-state index in [2.05, 4.69) is 27.9 Å². The van der Waals surface area contributed by atoms with Crippen LogP contribution in [0.1, 0.15) is 33.1 Å². The van der Waals surface area contributed by atoms with Gasteiger partial charge in [0.25, 0.3) is 5.91 Å². The van der Waals surface area contributed by atoms with Crippen LogP contribution >= 0.6 is 22.6 Å². The summed E-state index contributed by atoms with van der Waals surface area (Å²) >= 11 is 2.23. The van der Waals surface area contributed by atoms with Crippen molar-refractivity contribution in [3.8, 4) is 11.5 Å². The lowest BCUT2D eigenvalue weighted by atomic mass is 9.94. The molecule has 0 fully saturated rings. The predicted octanol–water partition coefficient (Wildman–Crippen LogP) is 5.22. The minimum absolute atomic E-state index is 0.0791. The fourth-order valence-electron chi connectivity index (χ4n) is 3.10. The summed E-state index contributed by atoms with van der Waals surface area (Å²) in [5.41, 5.74) is 3.73. The van der Waals surface area contributed by atoms with Gasteiger partial charge in [0.05, 0.1) is 11.6 Å². The largest absolute Gasteiger partial charge is 0.457 e. The standard InChI is InChI=1S/C21H16INO2/c1-13-7-6-10-16(19(13)22)21(24)23-20-14-8-2-4-11-17(14)25-18-12-5-3-9-15(18)20/h2-12,20H,1H3,(H,23,24). The Labute approximate surface area is 160 Å². The van der Waals surface area contributed by atoms with Crippen LogP contribution in [0, 0.1) is 10.5 Å². The normalized spacial score (nSPS) is 12.7. The van der Waals surface area contributed by atoms with Gasteiger partial charge in [-0.2, -0.15) is 0 Å². The monoisotopic (exact) mass is 441 g/mol. The average molecular weight is 441 g/mol. The van der Waals surface area contributed by atoms with Gasteiger partial charge in [-0.1, -0.05) is 48.5 Å². The van der Waals surface area contributed by atoms with Gasteiger partial charge < -0.3 is 10.1 Å². The van der Waals surface area contributed by atoms with Crippen LogP contribution in [0.25, 0.3) is 0 Å². The molecule has 0 bridgehead atoms. The van der Waals surface area contributed by atoms with E-state index in [1.54, 1.807) is 0 Å². The molecule has 0 aromatic heterocycles. The van der Waals surface area contributed by atoms with Gasteiger partial charge in [-0.05, 0) is 53.3 Å². The van der Waals surface area contributed by atoms with Gasteiger partial charge in [0, 0.05) is 14.7 Å². The molecule has 0 aliphatic carbocycles. The SMILES string of the molecule is Cc1cccc(C(=O)NC2c3ccccc3Oc3ccccc32)c1I. The molecule has 1 amide bonds. The number of ether oxygens (including phenoxy) is 1. The first-order valence-electron chi connectivity index (χ1n) is 8.07. The zero-order chi connectivity index (χ0) is 17.4. The molecule has 0 unspecified atom stereocenters. The molecule has 3 nitrogen and oxygen atoms in total. The lowest BCUT2D eigenvalue weighted by molar-refractivity contribution is 0.0940. The predicted molar refractivity (Wildman–Crippen MR) is 106 cm³/mol. The van der Waals surface area contributed by atoms with E-state index < -0.39 is 0 Å². The van der Waals surface area contributed by atoms with Crippen molar-refractivity contribution in [2.45, 2.75) is 13.0 Å². The first-order chi connectivity index (χ1) is 12.1. The molecule has 0 saturated carbocycles. The summed E-state index contributed by atoms with van der Waals surface area (Å²) in [4.78, 5) is 12.9. The Hall–Kier alpha value is -2.34. The Morgan fingerprint density at radius 3 is 2.16 bits per heavy atom. The van der Waals surface area contributed by atoms with Crippen LogP contribution in [0.15, 0.2) is 66.7 Å². The third kappa shape index (κ3) is 2.91. The molecule has 0 atom stereocenters. The maximum atomic E-state index is 12.9. The molecule has 1 N–H and O–H groups in total. The Bertz CT molecular complexity index is 922. The summed E-state index contributed by atoms with van der Waals surface area (Å²) in [6.45, 7) is 2.01. The van der Waals surface area contributed by atoms with Crippen molar-refractivity contribution in [3.05, 3.63) is 92.6 Å². The average Bonchev–Trinajstić information content (AvgIpc) is 2.63. The number of halogens is 1. The molecule has 1 heterocycles. The van der Waals surface area contributed by atoms with Crippen molar-refractivity contribution < 1.29 is 9.53 Å². The van der Waals surface area contributed by atoms with E-state index in [-0.39, 0.29) is 11.9 Å². The van der Waals surface area contributed by atoms with Crippen molar-refractivity contribution >= 4 is 28.5 Å². The van der Waals surface area contributed by atoms with Crippen LogP contribution < -0.4 is 10.1 Å². The van der Waals surface area contributed by atoms with Crippen LogP contribution in [0.3, 0.4) is 0 Å². The van der Waals surface area contributed by atoms with Crippen LogP contribution in [0.4, 0.5) is 0 Å². The van der Waals surface area contributed by atoms with Crippen molar-refractivity contribution in [3.63, 3.8) is 0 Å². The van der Waals surface area contributed by atoms with Crippen LogP contribution in [0.5, 0.6) is 11.5 Å². The maximum Gasteiger partial charge on any atom is 0.253 e. The molecule has 3 aromatic carbocycles. The number of fused-ring (bicyclic) bond motifs is 2. The summed E-state index contributed by atoms with van der Waals surface area (Å²) in [5, 5.41) is 3.19. The van der Waals surface area contributed by atoms with Crippen LogP contribution in [0.2, 0.25) is 0 Å². The zero-order valence-corrected chi connectivity index (χ0v) is 15.8. The molecule has 4 rings (SSSR count). The second-order valence-electron chi connectivity index (χ2n) is 6.02. The van der Waals surface area contributed by atoms with Crippen LogP contribution in [-0.2, 0) is 0 Å². The fourth-order valence-corrected chi connectivity index (χ4v) is 3.70. The number of hydrogen-bond donors (Lipinski definition) is 1. The number of carbonyl (C=O) groups excluding carboxylic acids is 1. The maximum absolute atomic E-state index is 12.9. The topological polar surface area (TPSA) is 38.3 Å². The first kappa shape index (κ1) is 16.1. The van der Waals surface area contributed by atoms with Crippen molar-refractivity contribution in [1.82, 2.24) is 5.32 Å². The second kappa shape index (κ2) is 6.52. The highest BCUT2D eigenvalue weighted by molar-refractivity contribution is 14.1. The minimum Gasteiger partial charge on any atom is -0.457 e. The van der Waals surface area contributed by atoms with Gasteiger partial charge in [0.15, 0.2) is 0 Å². The number of amides is 1. The first-order valence-corrected chi connectivity index (χ1v) is 9.14. The Balaban J connectivity index is 1.75. The molecule has 124 valence electrons. The number of carbonyl (C=O) groups is 1. The number of aryl methyl sites for hydroxylation is 1. The van der Waals surface area contributed by atoms with E-state index in [1.165, 1.54) is 0 Å². The molecule has 4 heteroatoms. The Morgan fingerprint density at radius 2 is 1.52 bits per heavy atom.